The molecule has 0 fully saturated rings. The molecule has 0 bridgehead atoms. The molecule has 2 N–H and O–H groups in total. The van der Waals surface area contributed by atoms with Crippen LogP contribution >= 0.6 is 11.8 Å². The molecule has 0 aliphatic carbocycles. The summed E-state index contributed by atoms with van der Waals surface area (Å²) >= 11 is 1.77. The molecule has 0 radical (unpaired) electrons. The third-order valence-electron chi connectivity index (χ3n) is 3.44. The van der Waals surface area contributed by atoms with Gasteiger partial charge in [-0.15, -0.1) is 11.8 Å². The molecule has 1 aromatic carbocycles. The summed E-state index contributed by atoms with van der Waals surface area (Å²) in [5.74, 6) is 1.51. The van der Waals surface area contributed by atoms with Gasteiger partial charge in [-0.25, -0.2) is 4.99 Å². The highest BCUT2D eigenvalue weighted by atomic mass is 32.2. The van der Waals surface area contributed by atoms with Crippen LogP contribution in [0.3, 0.4) is 0 Å². The van der Waals surface area contributed by atoms with E-state index < -0.39 is 0 Å². The Hall–Kier alpha value is -2.54. The number of amides is 1. The second kappa shape index (κ2) is 11.1. The van der Waals surface area contributed by atoms with Gasteiger partial charge in [-0.1, -0.05) is 24.3 Å². The Morgan fingerprint density at radius 1 is 1.12 bits per heavy atom. The fraction of sp³-hybridized carbons (Fsp3) is 0.316. The van der Waals surface area contributed by atoms with Crippen LogP contribution in [0.25, 0.3) is 0 Å². The van der Waals surface area contributed by atoms with E-state index in [9.17, 15) is 4.79 Å². The normalized spacial score (nSPS) is 11.1. The average Bonchev–Trinajstić information content (AvgIpc) is 2.67. The zero-order valence-electron chi connectivity index (χ0n) is 15.2. The van der Waals surface area contributed by atoms with Gasteiger partial charge in [0.25, 0.3) is 0 Å². The summed E-state index contributed by atoms with van der Waals surface area (Å²) in [6, 6.07) is 16.0. The van der Waals surface area contributed by atoms with Gasteiger partial charge >= 0.3 is 0 Å². The first-order valence-electron chi connectivity index (χ1n) is 8.45. The van der Waals surface area contributed by atoms with E-state index in [1.54, 1.807) is 37.0 Å². The molecule has 1 amide bonds. The van der Waals surface area contributed by atoms with Crippen LogP contribution in [-0.2, 0) is 11.3 Å². The summed E-state index contributed by atoms with van der Waals surface area (Å²) in [5.41, 5.74) is 0.881. The van der Waals surface area contributed by atoms with E-state index in [-0.39, 0.29) is 12.5 Å². The van der Waals surface area contributed by atoms with Crippen LogP contribution in [0.2, 0.25) is 0 Å². The zero-order chi connectivity index (χ0) is 18.6. The molecule has 7 heteroatoms. The molecule has 0 aliphatic rings. The second-order valence-corrected chi connectivity index (χ2v) is 6.88. The van der Waals surface area contributed by atoms with Gasteiger partial charge in [-0.2, -0.15) is 0 Å². The predicted octanol–water partition coefficient (Wildman–Crippen LogP) is 2.00. The van der Waals surface area contributed by atoms with Crippen molar-refractivity contribution >= 4 is 23.6 Å². The molecule has 2 aromatic rings. The maximum absolute atomic E-state index is 11.8. The lowest BCUT2D eigenvalue weighted by Gasteiger charge is -2.15. The molecule has 0 aliphatic heterocycles. The minimum Gasteiger partial charge on any atom is -0.356 e. The van der Waals surface area contributed by atoms with Crippen molar-refractivity contribution in [2.24, 2.45) is 4.99 Å². The third-order valence-corrected chi connectivity index (χ3v) is 4.45. The Balaban J connectivity index is 1.85. The number of hydrogen-bond acceptors (Lipinski definition) is 4. The molecule has 0 saturated heterocycles. The number of nitrogens with zero attached hydrogens (tertiary/aromatic N) is 3. The van der Waals surface area contributed by atoms with Crippen LogP contribution in [0, 0.1) is 0 Å². The van der Waals surface area contributed by atoms with Crippen LogP contribution in [0.15, 0.2) is 64.6 Å². The monoisotopic (exact) mass is 371 g/mol. The van der Waals surface area contributed by atoms with Gasteiger partial charge < -0.3 is 15.5 Å². The minimum absolute atomic E-state index is 0.00371. The van der Waals surface area contributed by atoms with E-state index in [0.29, 0.717) is 12.5 Å². The molecule has 26 heavy (non-hydrogen) atoms. The number of hydrogen-bond donors (Lipinski definition) is 2. The average molecular weight is 372 g/mol. The SMILES string of the molecule is CN(C)C(=O)CNC(=NCc1ccccn1)NCCSc1ccccc1. The van der Waals surface area contributed by atoms with Crippen molar-refractivity contribution in [2.75, 3.05) is 32.9 Å². The van der Waals surface area contributed by atoms with Crippen LogP contribution in [0.5, 0.6) is 0 Å². The van der Waals surface area contributed by atoms with Crippen molar-refractivity contribution in [2.45, 2.75) is 11.4 Å². The van der Waals surface area contributed by atoms with Crippen LogP contribution in [0.1, 0.15) is 5.69 Å². The molecule has 6 nitrogen and oxygen atoms in total. The van der Waals surface area contributed by atoms with Gasteiger partial charge in [-0.05, 0) is 24.3 Å². The summed E-state index contributed by atoms with van der Waals surface area (Å²) in [6.45, 7) is 1.40. The Kier molecular flexibility index (Phi) is 8.48. The number of thioether (sulfide) groups is 1. The summed E-state index contributed by atoms with van der Waals surface area (Å²) < 4.78 is 0. The summed E-state index contributed by atoms with van der Waals surface area (Å²) in [4.78, 5) is 23.4. The maximum atomic E-state index is 11.8. The van der Waals surface area contributed by atoms with Gasteiger partial charge in [0.1, 0.15) is 0 Å². The van der Waals surface area contributed by atoms with Gasteiger partial charge in [0.2, 0.25) is 5.91 Å². The molecule has 0 atom stereocenters. The highest BCUT2D eigenvalue weighted by Gasteiger charge is 2.06. The van der Waals surface area contributed by atoms with E-state index in [2.05, 4.69) is 32.7 Å². The number of guanidine groups is 1. The first-order chi connectivity index (χ1) is 12.6. The number of likely N-dealkylation sites (N-methyl/N-ethyl adjacent to an activating group) is 1. The van der Waals surface area contributed by atoms with Crippen molar-refractivity contribution in [3.8, 4) is 0 Å². The Morgan fingerprint density at radius 3 is 2.58 bits per heavy atom. The largest absolute Gasteiger partial charge is 0.356 e. The number of carbonyl (C=O) groups is 1. The Labute approximate surface area is 159 Å². The number of nitrogens with one attached hydrogen (secondary N) is 2. The van der Waals surface area contributed by atoms with Crippen LogP contribution in [0.4, 0.5) is 0 Å². The Bertz CT molecular complexity index is 692. The standard InChI is InChI=1S/C19H25N5OS/c1-24(2)18(25)15-23-19(22-14-16-8-6-7-11-20-16)21-12-13-26-17-9-4-3-5-10-17/h3-11H,12-15H2,1-2H3,(H2,21,22,23). The molecule has 0 saturated carbocycles. The number of benzene rings is 1. The van der Waals surface area contributed by atoms with Gasteiger partial charge in [-0.3, -0.25) is 9.78 Å². The number of carbonyl (C=O) groups excluding carboxylic acids is 1. The fourth-order valence-electron chi connectivity index (χ4n) is 2.00. The zero-order valence-corrected chi connectivity index (χ0v) is 16.0. The summed E-state index contributed by atoms with van der Waals surface area (Å²) in [6.07, 6.45) is 1.75. The maximum Gasteiger partial charge on any atom is 0.241 e. The number of pyridine rings is 1. The second-order valence-electron chi connectivity index (χ2n) is 5.72. The molecule has 2 rings (SSSR count). The number of aliphatic imine (C=N–C) groups is 1. The summed E-state index contributed by atoms with van der Waals surface area (Å²) in [5, 5.41) is 6.35. The topological polar surface area (TPSA) is 69.6 Å². The van der Waals surface area contributed by atoms with E-state index >= 15 is 0 Å². The minimum atomic E-state index is -0.00371. The van der Waals surface area contributed by atoms with Gasteiger partial charge in [0.15, 0.2) is 5.96 Å². The first kappa shape index (κ1) is 19.8. The lowest BCUT2D eigenvalue weighted by atomic mass is 10.3. The van der Waals surface area contributed by atoms with Crippen molar-refractivity contribution in [1.82, 2.24) is 20.5 Å². The smallest absolute Gasteiger partial charge is 0.241 e. The predicted molar refractivity (Wildman–Crippen MR) is 107 cm³/mol. The molecule has 0 spiro atoms. The van der Waals surface area contributed by atoms with E-state index in [1.165, 1.54) is 4.90 Å². The van der Waals surface area contributed by atoms with Crippen molar-refractivity contribution in [3.05, 3.63) is 60.4 Å². The quantitative estimate of drug-likeness (QED) is 0.321. The van der Waals surface area contributed by atoms with Crippen LogP contribution < -0.4 is 10.6 Å². The summed E-state index contributed by atoms with van der Waals surface area (Å²) in [7, 11) is 3.47. The third kappa shape index (κ3) is 7.57. The first-order valence-corrected chi connectivity index (χ1v) is 9.44. The molecular weight excluding hydrogens is 346 g/mol. The molecule has 1 heterocycles. The Morgan fingerprint density at radius 2 is 1.88 bits per heavy atom. The molecule has 0 unspecified atom stereocenters. The van der Waals surface area contributed by atoms with E-state index in [4.69, 9.17) is 0 Å². The highest BCUT2D eigenvalue weighted by molar-refractivity contribution is 7.99. The van der Waals surface area contributed by atoms with E-state index in [0.717, 1.165) is 18.0 Å². The highest BCUT2D eigenvalue weighted by Crippen LogP contribution is 2.15. The van der Waals surface area contributed by atoms with Gasteiger partial charge in [0.05, 0.1) is 18.8 Å². The van der Waals surface area contributed by atoms with E-state index in [1.807, 2.05) is 36.4 Å². The lowest BCUT2D eigenvalue weighted by molar-refractivity contribution is -0.127. The van der Waals surface area contributed by atoms with Gasteiger partial charge in [0, 0.05) is 37.5 Å². The molecule has 1 aromatic heterocycles. The lowest BCUT2D eigenvalue weighted by Crippen LogP contribution is -2.43. The molecular formula is C19H25N5OS. The molecule has 138 valence electrons. The fourth-order valence-corrected chi connectivity index (χ4v) is 2.79. The van der Waals surface area contributed by atoms with Crippen molar-refractivity contribution < 1.29 is 4.79 Å². The number of rotatable bonds is 8. The van der Waals surface area contributed by atoms with Crippen molar-refractivity contribution in [3.63, 3.8) is 0 Å². The number of aromatic nitrogens is 1. The van der Waals surface area contributed by atoms with Crippen molar-refractivity contribution in [1.29, 1.82) is 0 Å². The van der Waals surface area contributed by atoms with Crippen LogP contribution in [-0.4, -0.2) is 54.7 Å².